The summed E-state index contributed by atoms with van der Waals surface area (Å²) in [5.41, 5.74) is 1.28. The lowest BCUT2D eigenvalue weighted by Crippen LogP contribution is -2.31. The van der Waals surface area contributed by atoms with E-state index in [0.717, 1.165) is 13.0 Å². The Morgan fingerprint density at radius 2 is 2.44 bits per heavy atom. The summed E-state index contributed by atoms with van der Waals surface area (Å²) >= 11 is 0. The van der Waals surface area contributed by atoms with E-state index in [1.165, 1.54) is 12.8 Å². The van der Waals surface area contributed by atoms with Gasteiger partial charge in [-0.05, 0) is 32.7 Å². The molecule has 2 N–H and O–H groups in total. The molecule has 0 spiro atoms. The summed E-state index contributed by atoms with van der Waals surface area (Å²) in [5.74, 6) is 0.604. The Bertz CT molecular complexity index is 408. The first-order valence-electron chi connectivity index (χ1n) is 6.69. The van der Waals surface area contributed by atoms with E-state index < -0.39 is 0 Å². The number of nitrogens with one attached hydrogen (secondary N) is 2. The molecular weight excluding hydrogens is 230 g/mol. The lowest BCUT2D eigenvalue weighted by atomic mass is 10.1. The van der Waals surface area contributed by atoms with E-state index in [1.807, 2.05) is 6.92 Å². The van der Waals surface area contributed by atoms with Crippen molar-refractivity contribution in [2.24, 2.45) is 0 Å². The molecule has 5 nitrogen and oxygen atoms in total. The van der Waals surface area contributed by atoms with Gasteiger partial charge in [-0.2, -0.15) is 0 Å². The van der Waals surface area contributed by atoms with Crippen LogP contribution in [0.2, 0.25) is 0 Å². The maximum absolute atomic E-state index is 12.0. The van der Waals surface area contributed by atoms with Gasteiger partial charge in [-0.25, -0.2) is 0 Å². The van der Waals surface area contributed by atoms with Gasteiger partial charge in [-0.15, -0.1) is 0 Å². The SMILES string of the molecule is CCc1onc(C)c1C(=O)NCC[C@H]1CCCN1. The van der Waals surface area contributed by atoms with Crippen LogP contribution in [0.15, 0.2) is 4.52 Å². The van der Waals surface area contributed by atoms with Crippen LogP contribution in [-0.4, -0.2) is 30.2 Å². The Balaban J connectivity index is 1.85. The third-order valence-electron chi connectivity index (χ3n) is 3.42. The third-order valence-corrected chi connectivity index (χ3v) is 3.42. The Morgan fingerprint density at radius 3 is 3.11 bits per heavy atom. The van der Waals surface area contributed by atoms with Crippen LogP contribution in [0.25, 0.3) is 0 Å². The lowest BCUT2D eigenvalue weighted by Gasteiger charge is -2.10. The third kappa shape index (κ3) is 2.90. The van der Waals surface area contributed by atoms with Crippen LogP contribution < -0.4 is 10.6 Å². The van der Waals surface area contributed by atoms with Gasteiger partial charge in [-0.1, -0.05) is 12.1 Å². The minimum atomic E-state index is -0.0661. The van der Waals surface area contributed by atoms with Gasteiger partial charge in [0.1, 0.15) is 11.3 Å². The van der Waals surface area contributed by atoms with Crippen LogP contribution in [0.1, 0.15) is 48.0 Å². The normalized spacial score (nSPS) is 19.1. The number of rotatable bonds is 5. The number of aryl methyl sites for hydroxylation is 2. The number of aromatic nitrogens is 1. The number of nitrogens with zero attached hydrogens (tertiary/aromatic N) is 1. The summed E-state index contributed by atoms with van der Waals surface area (Å²) in [6, 6.07) is 0.555. The maximum atomic E-state index is 12.0. The summed E-state index contributed by atoms with van der Waals surface area (Å²) in [7, 11) is 0. The van der Waals surface area contributed by atoms with Gasteiger partial charge in [0, 0.05) is 19.0 Å². The molecule has 0 saturated carbocycles. The molecule has 1 aromatic rings. The molecule has 1 fully saturated rings. The largest absolute Gasteiger partial charge is 0.360 e. The second kappa shape index (κ2) is 6.00. The minimum absolute atomic E-state index is 0.0661. The fourth-order valence-corrected chi connectivity index (χ4v) is 2.40. The Hall–Kier alpha value is -1.36. The summed E-state index contributed by atoms with van der Waals surface area (Å²) in [4.78, 5) is 12.0. The standard InChI is InChI=1S/C13H21N3O2/c1-3-11-12(9(2)16-18-11)13(17)15-8-6-10-5-4-7-14-10/h10,14H,3-8H2,1-2H3,(H,15,17)/t10-/m1/s1. The van der Waals surface area contributed by atoms with Gasteiger partial charge in [0.05, 0.1) is 5.69 Å². The molecule has 0 aliphatic carbocycles. The van der Waals surface area contributed by atoms with Crippen molar-refractivity contribution in [2.45, 2.75) is 45.6 Å². The minimum Gasteiger partial charge on any atom is -0.360 e. The molecule has 100 valence electrons. The van der Waals surface area contributed by atoms with Crippen LogP contribution in [0.5, 0.6) is 0 Å². The highest BCUT2D eigenvalue weighted by atomic mass is 16.5. The fraction of sp³-hybridized carbons (Fsp3) is 0.692. The highest BCUT2D eigenvalue weighted by molar-refractivity contribution is 5.96. The second-order valence-electron chi connectivity index (χ2n) is 4.76. The van der Waals surface area contributed by atoms with Crippen molar-refractivity contribution in [3.8, 4) is 0 Å². The Kier molecular flexibility index (Phi) is 4.36. The van der Waals surface area contributed by atoms with Crippen molar-refractivity contribution in [1.82, 2.24) is 15.8 Å². The van der Waals surface area contributed by atoms with Gasteiger partial charge in [0.25, 0.3) is 5.91 Å². The van der Waals surface area contributed by atoms with Gasteiger partial charge in [-0.3, -0.25) is 4.79 Å². The van der Waals surface area contributed by atoms with Crippen molar-refractivity contribution >= 4 is 5.91 Å². The fourth-order valence-electron chi connectivity index (χ4n) is 2.40. The predicted octanol–water partition coefficient (Wildman–Crippen LogP) is 1.42. The molecule has 0 bridgehead atoms. The van der Waals surface area contributed by atoms with E-state index in [0.29, 0.717) is 36.0 Å². The van der Waals surface area contributed by atoms with Gasteiger partial charge >= 0.3 is 0 Å². The lowest BCUT2D eigenvalue weighted by molar-refractivity contribution is 0.0950. The summed E-state index contributed by atoms with van der Waals surface area (Å²) in [6.45, 7) is 5.56. The van der Waals surface area contributed by atoms with Crippen LogP contribution in [-0.2, 0) is 6.42 Å². The van der Waals surface area contributed by atoms with Crippen molar-refractivity contribution < 1.29 is 9.32 Å². The van der Waals surface area contributed by atoms with E-state index in [-0.39, 0.29) is 5.91 Å². The van der Waals surface area contributed by atoms with E-state index in [4.69, 9.17) is 4.52 Å². The van der Waals surface area contributed by atoms with E-state index in [9.17, 15) is 4.79 Å². The number of carbonyl (C=O) groups excluding carboxylic acids is 1. The molecular formula is C13H21N3O2. The topological polar surface area (TPSA) is 67.2 Å². The van der Waals surface area contributed by atoms with E-state index >= 15 is 0 Å². The zero-order chi connectivity index (χ0) is 13.0. The summed E-state index contributed by atoms with van der Waals surface area (Å²) < 4.78 is 5.12. The second-order valence-corrected chi connectivity index (χ2v) is 4.76. The first-order chi connectivity index (χ1) is 8.72. The van der Waals surface area contributed by atoms with Crippen LogP contribution in [0.4, 0.5) is 0 Å². The molecule has 1 atom stereocenters. The Morgan fingerprint density at radius 1 is 1.61 bits per heavy atom. The molecule has 1 aliphatic heterocycles. The molecule has 2 rings (SSSR count). The molecule has 1 aliphatic rings. The molecule has 2 heterocycles. The molecule has 0 radical (unpaired) electrons. The molecule has 5 heteroatoms. The zero-order valence-corrected chi connectivity index (χ0v) is 11.1. The first-order valence-corrected chi connectivity index (χ1v) is 6.69. The summed E-state index contributed by atoms with van der Waals surface area (Å²) in [5, 5.41) is 10.2. The van der Waals surface area contributed by atoms with Crippen LogP contribution in [0, 0.1) is 6.92 Å². The van der Waals surface area contributed by atoms with Crippen molar-refractivity contribution in [2.75, 3.05) is 13.1 Å². The van der Waals surface area contributed by atoms with Crippen molar-refractivity contribution in [1.29, 1.82) is 0 Å². The summed E-state index contributed by atoms with van der Waals surface area (Å²) in [6.07, 6.45) is 4.12. The van der Waals surface area contributed by atoms with Gasteiger partial charge in [0.2, 0.25) is 0 Å². The monoisotopic (exact) mass is 251 g/mol. The van der Waals surface area contributed by atoms with Crippen molar-refractivity contribution in [3.05, 3.63) is 17.0 Å². The number of hydrogen-bond acceptors (Lipinski definition) is 4. The quantitative estimate of drug-likeness (QED) is 0.830. The zero-order valence-electron chi connectivity index (χ0n) is 11.1. The molecule has 0 aromatic carbocycles. The van der Waals surface area contributed by atoms with Crippen LogP contribution in [0.3, 0.4) is 0 Å². The number of hydrogen-bond donors (Lipinski definition) is 2. The highest BCUT2D eigenvalue weighted by Gasteiger charge is 2.19. The maximum Gasteiger partial charge on any atom is 0.256 e. The first kappa shape index (κ1) is 13.1. The molecule has 1 amide bonds. The molecule has 1 saturated heterocycles. The number of amides is 1. The average molecular weight is 251 g/mol. The van der Waals surface area contributed by atoms with Gasteiger partial charge < -0.3 is 15.2 Å². The van der Waals surface area contributed by atoms with E-state index in [1.54, 1.807) is 6.92 Å². The smallest absolute Gasteiger partial charge is 0.256 e. The average Bonchev–Trinajstić information content (AvgIpc) is 2.98. The molecule has 18 heavy (non-hydrogen) atoms. The predicted molar refractivity (Wildman–Crippen MR) is 68.6 cm³/mol. The molecule has 1 aromatic heterocycles. The van der Waals surface area contributed by atoms with Crippen molar-refractivity contribution in [3.63, 3.8) is 0 Å². The van der Waals surface area contributed by atoms with E-state index in [2.05, 4.69) is 15.8 Å². The van der Waals surface area contributed by atoms with Crippen LogP contribution >= 0.6 is 0 Å². The molecule has 0 unspecified atom stereocenters. The number of carbonyl (C=O) groups is 1. The highest BCUT2D eigenvalue weighted by Crippen LogP contribution is 2.14. The Labute approximate surface area is 107 Å². The van der Waals surface area contributed by atoms with Gasteiger partial charge in [0.15, 0.2) is 0 Å².